The van der Waals surface area contributed by atoms with Crippen LogP contribution in [-0.2, 0) is 6.54 Å². The number of aromatic nitrogens is 3. The van der Waals surface area contributed by atoms with Crippen LogP contribution < -0.4 is 4.90 Å². The number of anilines is 1. The van der Waals surface area contributed by atoms with Crippen LogP contribution >= 0.6 is 23.6 Å². The summed E-state index contributed by atoms with van der Waals surface area (Å²) in [6, 6.07) is 5.87. The molecular weight excluding hydrogens is 228 g/mol. The summed E-state index contributed by atoms with van der Waals surface area (Å²) in [5.41, 5.74) is 1.01. The minimum Gasteiger partial charge on any atom is -0.344 e. The van der Waals surface area contributed by atoms with Gasteiger partial charge in [-0.15, -0.1) is 5.10 Å². The van der Waals surface area contributed by atoms with E-state index in [1.165, 1.54) is 11.3 Å². The Bertz CT molecular complexity index is 476. The predicted molar refractivity (Wildman–Crippen MR) is 63.6 cm³/mol. The van der Waals surface area contributed by atoms with Gasteiger partial charge in [0.2, 0.25) is 5.13 Å². The highest BCUT2D eigenvalue weighted by Crippen LogP contribution is 2.17. The Balaban J connectivity index is 2.10. The van der Waals surface area contributed by atoms with Gasteiger partial charge in [-0.2, -0.15) is 0 Å². The van der Waals surface area contributed by atoms with Gasteiger partial charge < -0.3 is 4.90 Å². The van der Waals surface area contributed by atoms with Gasteiger partial charge in [-0.3, -0.25) is 10.1 Å². The van der Waals surface area contributed by atoms with Crippen molar-refractivity contribution in [2.45, 2.75) is 6.54 Å². The lowest BCUT2D eigenvalue weighted by atomic mass is 10.3. The molecule has 0 unspecified atom stereocenters. The highest BCUT2D eigenvalue weighted by Gasteiger charge is 2.05. The van der Waals surface area contributed by atoms with E-state index < -0.39 is 0 Å². The van der Waals surface area contributed by atoms with Crippen molar-refractivity contribution in [1.82, 2.24) is 15.2 Å². The van der Waals surface area contributed by atoms with Gasteiger partial charge in [0.25, 0.3) is 0 Å². The Morgan fingerprint density at radius 2 is 2.40 bits per heavy atom. The zero-order valence-corrected chi connectivity index (χ0v) is 9.81. The molecule has 0 aliphatic heterocycles. The Labute approximate surface area is 96.6 Å². The van der Waals surface area contributed by atoms with E-state index in [1.807, 2.05) is 30.1 Å². The topological polar surface area (TPSA) is 44.8 Å². The van der Waals surface area contributed by atoms with E-state index in [9.17, 15) is 0 Å². The number of nitrogens with zero attached hydrogens (tertiary/aromatic N) is 3. The molecule has 1 N–H and O–H groups in total. The lowest BCUT2D eigenvalue weighted by Gasteiger charge is -2.13. The Morgan fingerprint density at radius 1 is 1.53 bits per heavy atom. The average Bonchev–Trinajstić information content (AvgIpc) is 2.66. The van der Waals surface area contributed by atoms with Crippen molar-refractivity contribution < 1.29 is 0 Å². The van der Waals surface area contributed by atoms with Crippen molar-refractivity contribution in [1.29, 1.82) is 0 Å². The fourth-order valence-electron chi connectivity index (χ4n) is 1.19. The van der Waals surface area contributed by atoms with Crippen LogP contribution in [0.2, 0.25) is 0 Å². The number of pyridine rings is 1. The summed E-state index contributed by atoms with van der Waals surface area (Å²) >= 11 is 6.44. The average molecular weight is 238 g/mol. The first-order valence-corrected chi connectivity index (χ1v) is 5.65. The van der Waals surface area contributed by atoms with Gasteiger partial charge in [-0.1, -0.05) is 17.4 Å². The second-order valence-corrected chi connectivity index (χ2v) is 4.72. The first kappa shape index (κ1) is 10.3. The number of H-pyrrole nitrogens is 1. The van der Waals surface area contributed by atoms with E-state index >= 15 is 0 Å². The molecule has 2 aromatic rings. The highest BCUT2D eigenvalue weighted by molar-refractivity contribution is 7.73. The molecule has 4 nitrogen and oxygen atoms in total. The maximum atomic E-state index is 4.97. The number of hydrogen-bond acceptors (Lipinski definition) is 5. The van der Waals surface area contributed by atoms with E-state index in [-0.39, 0.29) is 0 Å². The largest absolute Gasteiger partial charge is 0.344 e. The number of nitrogens with one attached hydrogen (secondary N) is 1. The Morgan fingerprint density at radius 3 is 3.00 bits per heavy atom. The monoisotopic (exact) mass is 238 g/mol. The molecule has 0 spiro atoms. The minimum atomic E-state index is 0.692. The van der Waals surface area contributed by atoms with E-state index in [4.69, 9.17) is 12.2 Å². The molecule has 0 fully saturated rings. The van der Waals surface area contributed by atoms with E-state index in [1.54, 1.807) is 6.20 Å². The summed E-state index contributed by atoms with van der Waals surface area (Å²) in [4.78, 5) is 6.26. The Kier molecular flexibility index (Phi) is 3.08. The second kappa shape index (κ2) is 4.50. The summed E-state index contributed by atoms with van der Waals surface area (Å²) in [7, 11) is 1.97. The molecule has 15 heavy (non-hydrogen) atoms. The number of hydrogen-bond donors (Lipinski definition) is 1. The van der Waals surface area contributed by atoms with Crippen LogP contribution in [0.5, 0.6) is 0 Å². The van der Waals surface area contributed by atoms with E-state index in [0.29, 0.717) is 3.95 Å². The van der Waals surface area contributed by atoms with Crippen molar-refractivity contribution in [3.8, 4) is 0 Å². The lowest BCUT2D eigenvalue weighted by molar-refractivity contribution is 0.864. The summed E-state index contributed by atoms with van der Waals surface area (Å²) in [5, 5.41) is 7.74. The third kappa shape index (κ3) is 2.60. The SMILES string of the molecule is CN(Cc1ccccn1)c1n[nH]c(=S)s1. The molecule has 0 saturated carbocycles. The van der Waals surface area contributed by atoms with Crippen LogP contribution in [0.1, 0.15) is 5.69 Å². The molecule has 0 aliphatic carbocycles. The van der Waals surface area contributed by atoms with Crippen LogP contribution in [-0.4, -0.2) is 22.2 Å². The summed E-state index contributed by atoms with van der Waals surface area (Å²) in [5.74, 6) is 0. The first-order chi connectivity index (χ1) is 7.25. The quantitative estimate of drug-likeness (QED) is 0.833. The molecule has 2 aromatic heterocycles. The first-order valence-electron chi connectivity index (χ1n) is 4.42. The highest BCUT2D eigenvalue weighted by atomic mass is 32.1. The van der Waals surface area contributed by atoms with Gasteiger partial charge in [0.15, 0.2) is 3.95 Å². The van der Waals surface area contributed by atoms with Crippen LogP contribution in [0.15, 0.2) is 24.4 Å². The summed E-state index contributed by atoms with van der Waals surface area (Å²) < 4.78 is 0.692. The molecule has 0 radical (unpaired) electrons. The molecule has 6 heteroatoms. The van der Waals surface area contributed by atoms with Crippen LogP contribution in [0.25, 0.3) is 0 Å². The minimum absolute atomic E-state index is 0.692. The van der Waals surface area contributed by atoms with Crippen molar-refractivity contribution in [2.75, 3.05) is 11.9 Å². The van der Waals surface area contributed by atoms with Gasteiger partial charge in [0.1, 0.15) is 0 Å². The molecule has 0 aliphatic rings. The van der Waals surface area contributed by atoms with Crippen molar-refractivity contribution >= 4 is 28.7 Å². The van der Waals surface area contributed by atoms with Gasteiger partial charge in [0.05, 0.1) is 12.2 Å². The standard InChI is InChI=1S/C9H10N4S2/c1-13(8-11-12-9(14)15-8)6-7-4-2-3-5-10-7/h2-5H,6H2,1H3,(H,12,14). The molecule has 0 saturated heterocycles. The van der Waals surface area contributed by atoms with Crippen LogP contribution in [0.3, 0.4) is 0 Å². The second-order valence-electron chi connectivity index (χ2n) is 3.07. The maximum Gasteiger partial charge on any atom is 0.207 e. The fraction of sp³-hybridized carbons (Fsp3) is 0.222. The number of rotatable bonds is 3. The molecule has 78 valence electrons. The van der Waals surface area contributed by atoms with Crippen LogP contribution in [0.4, 0.5) is 5.13 Å². The van der Waals surface area contributed by atoms with Gasteiger partial charge in [-0.05, 0) is 24.4 Å². The summed E-state index contributed by atoms with van der Waals surface area (Å²) in [6.45, 7) is 0.733. The number of aromatic amines is 1. The van der Waals surface area contributed by atoms with Crippen LogP contribution in [0, 0.1) is 3.95 Å². The van der Waals surface area contributed by atoms with Crippen molar-refractivity contribution in [3.05, 3.63) is 34.0 Å². The molecular formula is C9H10N4S2. The third-order valence-electron chi connectivity index (χ3n) is 1.88. The molecule has 0 aromatic carbocycles. The lowest BCUT2D eigenvalue weighted by Crippen LogP contribution is -2.16. The zero-order valence-electron chi connectivity index (χ0n) is 8.17. The third-order valence-corrected chi connectivity index (χ3v) is 3.08. The molecule has 0 amide bonds. The summed E-state index contributed by atoms with van der Waals surface area (Å²) in [6.07, 6.45) is 1.79. The smallest absolute Gasteiger partial charge is 0.207 e. The Hall–Kier alpha value is -1.27. The van der Waals surface area contributed by atoms with Crippen molar-refractivity contribution in [2.24, 2.45) is 0 Å². The van der Waals surface area contributed by atoms with Gasteiger partial charge >= 0.3 is 0 Å². The van der Waals surface area contributed by atoms with Gasteiger partial charge in [-0.25, -0.2) is 0 Å². The maximum absolute atomic E-state index is 4.97. The van der Waals surface area contributed by atoms with Gasteiger partial charge in [0, 0.05) is 13.2 Å². The molecule has 0 bridgehead atoms. The fourth-order valence-corrected chi connectivity index (χ4v) is 2.03. The zero-order chi connectivity index (χ0) is 10.7. The normalized spacial score (nSPS) is 10.2. The predicted octanol–water partition coefficient (Wildman–Crippen LogP) is 2.23. The molecule has 2 heterocycles. The van der Waals surface area contributed by atoms with Crippen molar-refractivity contribution in [3.63, 3.8) is 0 Å². The molecule has 0 atom stereocenters. The van der Waals surface area contributed by atoms with E-state index in [0.717, 1.165) is 17.4 Å². The van der Waals surface area contributed by atoms with E-state index in [2.05, 4.69) is 15.2 Å². The molecule has 2 rings (SSSR count).